The van der Waals surface area contributed by atoms with E-state index in [1.807, 2.05) is 0 Å². The van der Waals surface area contributed by atoms with Crippen molar-refractivity contribution >= 4 is 18.7 Å². The Hall–Kier alpha value is 0.00870. The Bertz CT molecular complexity index is 363. The van der Waals surface area contributed by atoms with Gasteiger partial charge in [-0.1, -0.05) is 0 Å². The topological polar surface area (TPSA) is 17.8 Å². The first-order valence-corrected chi connectivity index (χ1v) is 16.5. The summed E-state index contributed by atoms with van der Waals surface area (Å²) < 4.78 is 7.02. The number of nitrogens with zero attached hydrogens (tertiary/aromatic N) is 2. The summed E-state index contributed by atoms with van der Waals surface area (Å²) in [5.41, 5.74) is 1.43. The van der Waals surface area contributed by atoms with E-state index in [0.29, 0.717) is 5.92 Å². The van der Waals surface area contributed by atoms with Gasteiger partial charge in [-0.25, -0.2) is 0 Å². The van der Waals surface area contributed by atoms with Crippen molar-refractivity contribution in [2.45, 2.75) is 92.4 Å². The van der Waals surface area contributed by atoms with Gasteiger partial charge in [0.15, 0.2) is 0 Å². The maximum absolute atomic E-state index is 4.88. The van der Waals surface area contributed by atoms with Crippen LogP contribution in [0, 0.1) is 0 Å². The molecule has 0 N–H and O–H groups in total. The van der Waals surface area contributed by atoms with Crippen molar-refractivity contribution in [3.8, 4) is 0 Å². The Labute approximate surface area is 136 Å². The summed E-state index contributed by atoms with van der Waals surface area (Å²) in [6.45, 7) is 11.6. The number of unbranched alkanes of at least 4 members (excludes halogenated alkanes) is 3. The molecule has 0 unspecified atom stereocenters. The van der Waals surface area contributed by atoms with Gasteiger partial charge in [-0.15, -0.1) is 0 Å². The van der Waals surface area contributed by atoms with Crippen LogP contribution in [0.1, 0.15) is 84.6 Å². The number of aromatic nitrogens is 2. The van der Waals surface area contributed by atoms with Crippen LogP contribution in [-0.4, -0.2) is 26.7 Å². The van der Waals surface area contributed by atoms with Crippen LogP contribution in [0.2, 0.25) is 13.3 Å². The van der Waals surface area contributed by atoms with E-state index in [1.165, 1.54) is 57.4 Å². The second kappa shape index (κ2) is 9.91. The van der Waals surface area contributed by atoms with Crippen LogP contribution in [0.25, 0.3) is 0 Å². The van der Waals surface area contributed by atoms with E-state index in [0.717, 1.165) is 0 Å². The first-order chi connectivity index (χ1) is 10.1. The van der Waals surface area contributed by atoms with Gasteiger partial charge < -0.3 is 0 Å². The molecule has 0 aliphatic rings. The second-order valence-electron chi connectivity index (χ2n) is 6.91. The average Bonchev–Trinajstić information content (AvgIpc) is 2.97. The molecule has 0 fully saturated rings. The average molecular weight is 399 g/mol. The Morgan fingerprint density at radius 3 is 1.76 bits per heavy atom. The first-order valence-electron chi connectivity index (χ1n) is 9.14. The van der Waals surface area contributed by atoms with Crippen LogP contribution in [-0.2, 0) is 0 Å². The predicted molar refractivity (Wildman–Crippen MR) is 96.6 cm³/mol. The summed E-state index contributed by atoms with van der Waals surface area (Å²) in [7, 11) is 0. The Kier molecular flexibility index (Phi) is 8.99. The van der Waals surface area contributed by atoms with Gasteiger partial charge in [0.25, 0.3) is 0 Å². The Balaban J connectivity index is 3.03. The van der Waals surface area contributed by atoms with E-state index in [2.05, 4.69) is 49.9 Å². The van der Waals surface area contributed by atoms with Crippen LogP contribution in [0.3, 0.4) is 0 Å². The summed E-state index contributed by atoms with van der Waals surface area (Å²) in [4.78, 5) is 0. The van der Waals surface area contributed by atoms with Gasteiger partial charge in [-0.2, -0.15) is 0 Å². The second-order valence-corrected chi connectivity index (χ2v) is 19.5. The van der Waals surface area contributed by atoms with Crippen LogP contribution in [0.5, 0.6) is 0 Å². The minimum atomic E-state index is -2.33. The molecule has 122 valence electrons. The fourth-order valence-electron chi connectivity index (χ4n) is 3.13. The van der Waals surface area contributed by atoms with Crippen molar-refractivity contribution in [3.63, 3.8) is 0 Å². The van der Waals surface area contributed by atoms with Gasteiger partial charge in [0.2, 0.25) is 0 Å². The van der Waals surface area contributed by atoms with Crippen LogP contribution >= 0.6 is 0 Å². The molecule has 0 saturated heterocycles. The van der Waals surface area contributed by atoms with Crippen molar-refractivity contribution in [3.05, 3.63) is 18.0 Å². The molecule has 0 aromatic carbocycles. The summed E-state index contributed by atoms with van der Waals surface area (Å²) in [6.07, 6.45) is 12.8. The van der Waals surface area contributed by atoms with Crippen molar-refractivity contribution in [2.75, 3.05) is 0 Å². The predicted octanol–water partition coefficient (Wildman–Crippen LogP) is 6.20. The molecule has 1 aromatic heterocycles. The van der Waals surface area contributed by atoms with Crippen LogP contribution < -0.4 is 0 Å². The molecule has 0 amide bonds. The zero-order valence-electron chi connectivity index (χ0n) is 15.0. The molecule has 1 aromatic rings. The molecular weight excluding hydrogens is 363 g/mol. The zero-order chi connectivity index (χ0) is 15.7. The first kappa shape index (κ1) is 19.1. The molecule has 1 heterocycles. The third-order valence-corrected chi connectivity index (χ3v) is 19.2. The fourth-order valence-corrected chi connectivity index (χ4v) is 18.0. The summed E-state index contributed by atoms with van der Waals surface area (Å²) in [5, 5.41) is 4.88. The van der Waals surface area contributed by atoms with Crippen LogP contribution in [0.15, 0.2) is 12.4 Å². The normalized spacial score (nSPS) is 12.3. The number of rotatable bonds is 11. The molecule has 0 aliphatic heterocycles. The summed E-state index contributed by atoms with van der Waals surface area (Å²) in [5.74, 6) is 0.603. The SMILES string of the molecule is CCC[CH2][Sn]([CH2]CCC)([CH2]CCC)[n]1cc(C(C)C)cn1. The molecule has 21 heavy (non-hydrogen) atoms. The van der Waals surface area contributed by atoms with Gasteiger partial charge in [0.05, 0.1) is 0 Å². The molecule has 0 atom stereocenters. The number of hydrogen-bond donors (Lipinski definition) is 0. The van der Waals surface area contributed by atoms with E-state index in [-0.39, 0.29) is 0 Å². The standard InChI is InChI=1S/C6H9N2.3C4H9.Sn/c1-5(2)6-3-7-8-4-6;3*1-3-4-2;/h3-5H,1-2H3;3*1,3-4H2,2H3;/q-1;;;;+1. The van der Waals surface area contributed by atoms with Gasteiger partial charge in [-0.05, 0) is 0 Å². The molecule has 3 heteroatoms. The number of hydrogen-bond acceptors (Lipinski definition) is 1. The van der Waals surface area contributed by atoms with E-state index in [9.17, 15) is 0 Å². The van der Waals surface area contributed by atoms with Gasteiger partial charge in [0.1, 0.15) is 0 Å². The summed E-state index contributed by atoms with van der Waals surface area (Å²) in [6, 6.07) is 0. The van der Waals surface area contributed by atoms with E-state index in [1.54, 1.807) is 0 Å². The molecule has 0 spiro atoms. The van der Waals surface area contributed by atoms with Crippen LogP contribution in [0.4, 0.5) is 0 Å². The zero-order valence-corrected chi connectivity index (χ0v) is 17.8. The van der Waals surface area contributed by atoms with Gasteiger partial charge in [0, 0.05) is 0 Å². The van der Waals surface area contributed by atoms with Gasteiger partial charge >= 0.3 is 137 Å². The monoisotopic (exact) mass is 400 g/mol. The molecule has 0 aliphatic carbocycles. The van der Waals surface area contributed by atoms with E-state index in [4.69, 9.17) is 5.10 Å². The maximum atomic E-state index is 4.88. The van der Waals surface area contributed by atoms with Gasteiger partial charge in [-0.3, -0.25) is 0 Å². The Morgan fingerprint density at radius 2 is 1.43 bits per heavy atom. The minimum absolute atomic E-state index is 0.603. The molecule has 0 bridgehead atoms. The third-order valence-electron chi connectivity index (χ3n) is 4.74. The molecule has 1 rings (SSSR count). The molecule has 0 radical (unpaired) electrons. The van der Waals surface area contributed by atoms with Crippen molar-refractivity contribution in [2.24, 2.45) is 0 Å². The Morgan fingerprint density at radius 1 is 0.952 bits per heavy atom. The van der Waals surface area contributed by atoms with Crippen molar-refractivity contribution in [1.82, 2.24) is 8.00 Å². The van der Waals surface area contributed by atoms with Crippen molar-refractivity contribution in [1.29, 1.82) is 0 Å². The summed E-state index contributed by atoms with van der Waals surface area (Å²) >= 11 is -2.33. The van der Waals surface area contributed by atoms with E-state index >= 15 is 0 Å². The van der Waals surface area contributed by atoms with Crippen molar-refractivity contribution < 1.29 is 0 Å². The molecule has 2 nitrogen and oxygen atoms in total. The molecular formula is C18H36N2Sn. The fraction of sp³-hybridized carbons (Fsp3) is 0.833. The third kappa shape index (κ3) is 5.61. The molecule has 0 saturated carbocycles. The van der Waals surface area contributed by atoms with E-state index < -0.39 is 18.7 Å². The quantitative estimate of drug-likeness (QED) is 0.405.